The van der Waals surface area contributed by atoms with Crippen molar-refractivity contribution in [3.63, 3.8) is 0 Å². The Hall–Kier alpha value is -2.32. The minimum atomic E-state index is -4.08. The van der Waals surface area contributed by atoms with Crippen molar-refractivity contribution in [2.75, 3.05) is 11.9 Å². The number of sulfonamides is 1. The van der Waals surface area contributed by atoms with Crippen molar-refractivity contribution in [2.24, 2.45) is 4.40 Å². The van der Waals surface area contributed by atoms with Crippen LogP contribution in [0.5, 0.6) is 5.75 Å². The summed E-state index contributed by atoms with van der Waals surface area (Å²) in [4.78, 5) is 12.3. The highest BCUT2D eigenvalue weighted by Crippen LogP contribution is 2.29. The minimum Gasteiger partial charge on any atom is -0.434 e. The number of nitrogens with zero attached hydrogens (tertiary/aromatic N) is 1. The predicted octanol–water partition coefficient (Wildman–Crippen LogP) is 2.26. The number of hydrogen-bond donors (Lipinski definition) is 3. The van der Waals surface area contributed by atoms with Crippen LogP contribution in [0.1, 0.15) is 11.7 Å². The number of halogens is 3. The summed E-state index contributed by atoms with van der Waals surface area (Å²) < 4.78 is 58.1. The first-order valence-electron chi connectivity index (χ1n) is 8.09. The van der Waals surface area contributed by atoms with Crippen LogP contribution in [0.15, 0.2) is 51.8 Å². The van der Waals surface area contributed by atoms with Gasteiger partial charge >= 0.3 is 6.61 Å². The molecular formula is C17H14F2IN3O5S. The number of anilines is 1. The summed E-state index contributed by atoms with van der Waals surface area (Å²) in [5.41, 5.74) is 0.237. The Kier molecular flexibility index (Phi) is 6.33. The molecule has 1 aliphatic heterocycles. The van der Waals surface area contributed by atoms with E-state index in [9.17, 15) is 27.1 Å². The summed E-state index contributed by atoms with van der Waals surface area (Å²) in [6.07, 6.45) is -1.37. The van der Waals surface area contributed by atoms with Crippen LogP contribution in [0.25, 0.3) is 0 Å². The molecular weight excluding hydrogens is 523 g/mol. The third-order valence-corrected chi connectivity index (χ3v) is 5.84. The zero-order chi connectivity index (χ0) is 21.2. The summed E-state index contributed by atoms with van der Waals surface area (Å²) >= 11 is 1.95. The van der Waals surface area contributed by atoms with Gasteiger partial charge in [-0.05, 0) is 46.9 Å². The number of aliphatic hydroxyl groups is 1. The fraction of sp³-hybridized carbons (Fsp3) is 0.176. The van der Waals surface area contributed by atoms with E-state index >= 15 is 0 Å². The van der Waals surface area contributed by atoms with E-state index in [2.05, 4.69) is 19.8 Å². The van der Waals surface area contributed by atoms with Gasteiger partial charge in [0.25, 0.3) is 15.9 Å². The normalized spacial score (nSPS) is 15.7. The molecule has 3 N–H and O–H groups in total. The quantitative estimate of drug-likeness (QED) is 0.487. The van der Waals surface area contributed by atoms with E-state index < -0.39 is 34.5 Å². The van der Waals surface area contributed by atoms with E-state index in [0.717, 1.165) is 0 Å². The lowest BCUT2D eigenvalue weighted by atomic mass is 10.1. The molecule has 1 unspecified atom stereocenters. The molecule has 0 aliphatic carbocycles. The molecule has 0 saturated heterocycles. The summed E-state index contributed by atoms with van der Waals surface area (Å²) in [6, 6.07) is 10.2. The van der Waals surface area contributed by atoms with E-state index in [1.54, 1.807) is 6.07 Å². The third kappa shape index (κ3) is 5.00. The first-order valence-corrected chi connectivity index (χ1v) is 10.6. The molecule has 0 saturated carbocycles. The highest BCUT2D eigenvalue weighted by Gasteiger charge is 2.28. The standard InChI is InChI=1S/C17H14F2IN3O5S/c18-17(19)28-13-4-2-1-3-10(13)12(24)8-21-16(25)15-22-11-6-5-9(20)7-14(11)29(26,27)23-15/h1-7,12,17,24H,8H2,(H,21,25)(H,22,23). The Morgan fingerprint density at radius 1 is 1.28 bits per heavy atom. The van der Waals surface area contributed by atoms with Crippen LogP contribution < -0.4 is 15.4 Å². The van der Waals surface area contributed by atoms with Crippen LogP contribution >= 0.6 is 22.6 Å². The Morgan fingerprint density at radius 3 is 2.72 bits per heavy atom. The van der Waals surface area contributed by atoms with Crippen molar-refractivity contribution in [2.45, 2.75) is 17.6 Å². The fourth-order valence-electron chi connectivity index (χ4n) is 2.57. The molecule has 154 valence electrons. The van der Waals surface area contributed by atoms with Gasteiger partial charge in [0.15, 0.2) is 0 Å². The second-order valence-electron chi connectivity index (χ2n) is 5.82. The molecule has 2 aromatic rings. The van der Waals surface area contributed by atoms with Gasteiger partial charge in [0.1, 0.15) is 10.6 Å². The lowest BCUT2D eigenvalue weighted by Gasteiger charge is -2.19. The van der Waals surface area contributed by atoms with Gasteiger partial charge in [0.05, 0.1) is 11.8 Å². The SMILES string of the molecule is O=C(NCC(O)c1ccccc1OC(F)F)C1=NS(=O)(=O)c2cc(I)ccc2N1. The highest BCUT2D eigenvalue weighted by molar-refractivity contribution is 14.1. The number of carbonyl (C=O) groups excluding carboxylic acids is 1. The first kappa shape index (κ1) is 21.4. The van der Waals surface area contributed by atoms with Gasteiger partial charge in [-0.25, -0.2) is 0 Å². The molecule has 0 radical (unpaired) electrons. The Bertz CT molecular complexity index is 1080. The molecule has 12 heteroatoms. The van der Waals surface area contributed by atoms with Crippen LogP contribution in [0.2, 0.25) is 0 Å². The van der Waals surface area contributed by atoms with Gasteiger partial charge in [-0.1, -0.05) is 18.2 Å². The number of amidine groups is 1. The molecule has 0 fully saturated rings. The fourth-order valence-corrected chi connectivity index (χ4v) is 4.42. The Labute approximate surface area is 178 Å². The zero-order valence-corrected chi connectivity index (χ0v) is 17.4. The molecule has 3 rings (SSSR count). The van der Waals surface area contributed by atoms with E-state index in [1.165, 1.54) is 36.4 Å². The van der Waals surface area contributed by atoms with E-state index in [4.69, 9.17) is 0 Å². The molecule has 0 bridgehead atoms. The largest absolute Gasteiger partial charge is 0.434 e. The van der Waals surface area contributed by atoms with Crippen LogP contribution in [0, 0.1) is 3.57 Å². The summed E-state index contributed by atoms with van der Waals surface area (Å²) in [7, 11) is -4.08. The van der Waals surface area contributed by atoms with E-state index in [0.29, 0.717) is 3.57 Å². The summed E-state index contributed by atoms with van der Waals surface area (Å²) in [6.45, 7) is -3.46. The van der Waals surface area contributed by atoms with Crippen molar-refractivity contribution >= 4 is 50.0 Å². The van der Waals surface area contributed by atoms with Gasteiger partial charge in [-0.3, -0.25) is 4.79 Å². The maximum atomic E-state index is 12.5. The maximum Gasteiger partial charge on any atom is 0.387 e. The molecule has 2 aromatic carbocycles. The molecule has 8 nitrogen and oxygen atoms in total. The van der Waals surface area contributed by atoms with Gasteiger partial charge in [0, 0.05) is 15.7 Å². The number of hydrogen-bond acceptors (Lipinski definition) is 6. The number of para-hydroxylation sites is 1. The number of benzene rings is 2. The van der Waals surface area contributed by atoms with Crippen LogP contribution in [-0.4, -0.2) is 38.4 Å². The van der Waals surface area contributed by atoms with Gasteiger partial charge in [0.2, 0.25) is 5.84 Å². The van der Waals surface area contributed by atoms with Gasteiger partial charge < -0.3 is 20.5 Å². The number of rotatable bonds is 6. The second kappa shape index (κ2) is 8.59. The zero-order valence-electron chi connectivity index (χ0n) is 14.5. The van der Waals surface area contributed by atoms with Gasteiger partial charge in [-0.15, -0.1) is 4.40 Å². The second-order valence-corrected chi connectivity index (χ2v) is 8.64. The number of fused-ring (bicyclic) bond motifs is 1. The maximum absolute atomic E-state index is 12.5. The molecule has 0 aromatic heterocycles. The van der Waals surface area contributed by atoms with Crippen molar-refractivity contribution in [3.05, 3.63) is 51.6 Å². The lowest BCUT2D eigenvalue weighted by Crippen LogP contribution is -2.40. The number of ether oxygens (including phenoxy) is 1. The van der Waals surface area contributed by atoms with E-state index in [1.807, 2.05) is 22.6 Å². The van der Waals surface area contributed by atoms with Crippen molar-refractivity contribution in [1.82, 2.24) is 5.32 Å². The average Bonchev–Trinajstić information content (AvgIpc) is 2.66. The Morgan fingerprint density at radius 2 is 2.00 bits per heavy atom. The predicted molar refractivity (Wildman–Crippen MR) is 108 cm³/mol. The summed E-state index contributed by atoms with van der Waals surface area (Å²) in [5.74, 6) is -1.59. The number of carbonyl (C=O) groups is 1. The minimum absolute atomic E-state index is 0.0409. The van der Waals surface area contributed by atoms with Crippen LogP contribution in [0.4, 0.5) is 14.5 Å². The van der Waals surface area contributed by atoms with Crippen molar-refractivity contribution in [1.29, 1.82) is 0 Å². The number of amides is 1. The smallest absolute Gasteiger partial charge is 0.387 e. The lowest BCUT2D eigenvalue weighted by molar-refractivity contribution is -0.115. The Balaban J connectivity index is 1.72. The molecule has 1 heterocycles. The number of aliphatic hydroxyl groups excluding tert-OH is 1. The summed E-state index contributed by atoms with van der Waals surface area (Å²) in [5, 5.41) is 15.2. The first-order chi connectivity index (χ1) is 13.7. The average molecular weight is 537 g/mol. The van der Waals surface area contributed by atoms with Crippen LogP contribution in [0.3, 0.4) is 0 Å². The molecule has 1 aliphatic rings. The van der Waals surface area contributed by atoms with Crippen LogP contribution in [-0.2, 0) is 14.8 Å². The number of alkyl halides is 2. The third-order valence-electron chi connectivity index (χ3n) is 3.85. The monoisotopic (exact) mass is 537 g/mol. The molecule has 1 atom stereocenters. The van der Waals surface area contributed by atoms with Crippen molar-refractivity contribution in [3.8, 4) is 5.75 Å². The van der Waals surface area contributed by atoms with Gasteiger partial charge in [-0.2, -0.15) is 17.2 Å². The van der Waals surface area contributed by atoms with E-state index in [-0.39, 0.29) is 28.4 Å². The van der Waals surface area contributed by atoms with Crippen molar-refractivity contribution < 1.29 is 31.8 Å². The molecule has 0 spiro atoms. The topological polar surface area (TPSA) is 117 Å². The molecule has 1 amide bonds. The molecule has 29 heavy (non-hydrogen) atoms. The number of nitrogens with one attached hydrogen (secondary N) is 2. The highest BCUT2D eigenvalue weighted by atomic mass is 127.